The van der Waals surface area contributed by atoms with E-state index in [1.807, 2.05) is 18.2 Å². The van der Waals surface area contributed by atoms with Gasteiger partial charge >= 0.3 is 0 Å². The van der Waals surface area contributed by atoms with Crippen LogP contribution < -0.4 is 11.2 Å². The monoisotopic (exact) mass is 344 g/mol. The van der Waals surface area contributed by atoms with Gasteiger partial charge in [-0.05, 0) is 24.3 Å². The summed E-state index contributed by atoms with van der Waals surface area (Å²) in [5, 5.41) is 6.72. The summed E-state index contributed by atoms with van der Waals surface area (Å²) < 4.78 is 5.96. The van der Waals surface area contributed by atoms with E-state index in [9.17, 15) is 0 Å². The molecular formula is C18H24N4OS. The van der Waals surface area contributed by atoms with Crippen molar-refractivity contribution >= 4 is 28.5 Å². The van der Waals surface area contributed by atoms with Gasteiger partial charge in [0.15, 0.2) is 0 Å². The second kappa shape index (κ2) is 8.80. The largest absolute Gasteiger partial charge is 0.383 e. The Morgan fingerprint density at radius 3 is 2.92 bits per heavy atom. The smallest absolute Gasteiger partial charge is 0.205 e. The van der Waals surface area contributed by atoms with Crippen LogP contribution in [0.1, 0.15) is 43.2 Å². The van der Waals surface area contributed by atoms with Crippen molar-refractivity contribution < 1.29 is 4.74 Å². The molecule has 0 atom stereocenters. The SMILES string of the molecule is Nc1csc(NN=Cc2ccccc2COCC2CCCCC2)n1. The second-order valence-electron chi connectivity index (χ2n) is 6.17. The van der Waals surface area contributed by atoms with Gasteiger partial charge < -0.3 is 10.5 Å². The molecule has 3 N–H and O–H groups in total. The lowest BCUT2D eigenvalue weighted by atomic mass is 9.90. The highest BCUT2D eigenvalue weighted by Gasteiger charge is 2.13. The van der Waals surface area contributed by atoms with Crippen molar-refractivity contribution in [3.63, 3.8) is 0 Å². The molecule has 1 aliphatic carbocycles. The number of nitrogens with one attached hydrogen (secondary N) is 1. The molecule has 5 nitrogen and oxygen atoms in total. The molecule has 1 fully saturated rings. The Bertz CT molecular complexity index is 665. The van der Waals surface area contributed by atoms with E-state index in [-0.39, 0.29) is 0 Å². The number of hydrogen-bond acceptors (Lipinski definition) is 6. The molecule has 1 saturated carbocycles. The number of aromatic nitrogens is 1. The lowest BCUT2D eigenvalue weighted by molar-refractivity contribution is 0.0739. The molecule has 2 aromatic rings. The first kappa shape index (κ1) is 16.9. The zero-order chi connectivity index (χ0) is 16.6. The fourth-order valence-corrected chi connectivity index (χ4v) is 3.52. The third kappa shape index (κ3) is 5.04. The van der Waals surface area contributed by atoms with Crippen molar-refractivity contribution in [1.29, 1.82) is 0 Å². The standard InChI is InChI=1S/C18H24N4OS/c19-17-13-24-18(21-17)22-20-10-15-8-4-5-9-16(15)12-23-11-14-6-2-1-3-7-14/h4-5,8-10,13-14H,1-3,6-7,11-12,19H2,(H,21,22). The lowest BCUT2D eigenvalue weighted by Gasteiger charge is -2.21. The fraction of sp³-hybridized carbons (Fsp3) is 0.444. The third-order valence-corrected chi connectivity index (χ3v) is 5.04. The van der Waals surface area contributed by atoms with Crippen LogP contribution in [0.25, 0.3) is 0 Å². The maximum atomic E-state index is 5.96. The summed E-state index contributed by atoms with van der Waals surface area (Å²) in [6.07, 6.45) is 8.51. The quantitative estimate of drug-likeness (QED) is 0.581. The van der Waals surface area contributed by atoms with Crippen LogP contribution in [-0.2, 0) is 11.3 Å². The maximum Gasteiger partial charge on any atom is 0.205 e. The first-order valence-corrected chi connectivity index (χ1v) is 9.35. The normalized spacial score (nSPS) is 15.8. The Balaban J connectivity index is 1.52. The Morgan fingerprint density at radius 2 is 2.12 bits per heavy atom. The Labute approximate surface area is 146 Å². The predicted molar refractivity (Wildman–Crippen MR) is 100 cm³/mol. The number of nitrogens with two attached hydrogens (primary N) is 1. The Morgan fingerprint density at radius 1 is 1.29 bits per heavy atom. The van der Waals surface area contributed by atoms with Crippen LogP contribution in [0.3, 0.4) is 0 Å². The van der Waals surface area contributed by atoms with Crippen molar-refractivity contribution in [2.24, 2.45) is 11.0 Å². The van der Waals surface area contributed by atoms with Crippen LogP contribution in [0.2, 0.25) is 0 Å². The molecule has 0 unspecified atom stereocenters. The number of hydrazone groups is 1. The van der Waals surface area contributed by atoms with Crippen molar-refractivity contribution in [3.05, 3.63) is 40.8 Å². The van der Waals surface area contributed by atoms with Crippen LogP contribution >= 0.6 is 11.3 Å². The summed E-state index contributed by atoms with van der Waals surface area (Å²) in [6.45, 7) is 1.49. The van der Waals surface area contributed by atoms with Gasteiger partial charge in [-0.15, -0.1) is 11.3 Å². The van der Waals surface area contributed by atoms with E-state index in [0.29, 0.717) is 17.6 Å². The number of benzene rings is 1. The molecule has 0 amide bonds. The molecule has 1 heterocycles. The first-order valence-electron chi connectivity index (χ1n) is 8.47. The topological polar surface area (TPSA) is 72.5 Å². The van der Waals surface area contributed by atoms with Gasteiger partial charge in [-0.1, -0.05) is 43.5 Å². The van der Waals surface area contributed by atoms with Gasteiger partial charge in [-0.25, -0.2) is 4.98 Å². The van der Waals surface area contributed by atoms with E-state index in [1.54, 1.807) is 11.6 Å². The van der Waals surface area contributed by atoms with Gasteiger partial charge in [-0.3, -0.25) is 5.43 Å². The molecule has 0 aliphatic heterocycles. The molecule has 3 rings (SSSR count). The molecule has 0 spiro atoms. The summed E-state index contributed by atoms with van der Waals surface area (Å²) in [6, 6.07) is 8.17. The number of nitrogens with zero attached hydrogens (tertiary/aromatic N) is 2. The molecule has 1 aliphatic rings. The van der Waals surface area contributed by atoms with E-state index in [2.05, 4.69) is 21.6 Å². The number of thiazole rings is 1. The van der Waals surface area contributed by atoms with Gasteiger partial charge in [0.05, 0.1) is 12.8 Å². The van der Waals surface area contributed by atoms with E-state index < -0.39 is 0 Å². The van der Waals surface area contributed by atoms with E-state index in [4.69, 9.17) is 10.5 Å². The molecule has 128 valence electrons. The summed E-state index contributed by atoms with van der Waals surface area (Å²) in [5.41, 5.74) is 10.7. The Kier molecular flexibility index (Phi) is 6.20. The summed E-state index contributed by atoms with van der Waals surface area (Å²) in [5.74, 6) is 1.24. The van der Waals surface area contributed by atoms with Crippen LogP contribution in [0.5, 0.6) is 0 Å². The minimum absolute atomic E-state index is 0.509. The van der Waals surface area contributed by atoms with Crippen molar-refractivity contribution in [2.75, 3.05) is 17.8 Å². The van der Waals surface area contributed by atoms with Gasteiger partial charge in [0.25, 0.3) is 0 Å². The number of rotatable bonds is 7. The number of ether oxygens (including phenoxy) is 1. The third-order valence-electron chi connectivity index (χ3n) is 4.28. The second-order valence-corrected chi connectivity index (χ2v) is 7.02. The minimum atomic E-state index is 0.509. The molecule has 1 aromatic carbocycles. The van der Waals surface area contributed by atoms with Crippen molar-refractivity contribution in [1.82, 2.24) is 4.98 Å². The molecule has 24 heavy (non-hydrogen) atoms. The fourth-order valence-electron chi connectivity index (χ4n) is 2.98. The number of hydrogen-bond donors (Lipinski definition) is 2. The van der Waals surface area contributed by atoms with Crippen LogP contribution in [-0.4, -0.2) is 17.8 Å². The molecule has 6 heteroatoms. The summed E-state index contributed by atoms with van der Waals surface area (Å²) >= 11 is 1.43. The zero-order valence-corrected chi connectivity index (χ0v) is 14.6. The van der Waals surface area contributed by atoms with E-state index in [0.717, 1.165) is 23.7 Å². The molecule has 0 bridgehead atoms. The van der Waals surface area contributed by atoms with E-state index >= 15 is 0 Å². The summed E-state index contributed by atoms with van der Waals surface area (Å²) in [7, 11) is 0. The maximum absolute atomic E-state index is 5.96. The molecule has 0 radical (unpaired) electrons. The highest BCUT2D eigenvalue weighted by molar-refractivity contribution is 7.14. The van der Waals surface area contributed by atoms with Crippen LogP contribution in [0.4, 0.5) is 10.9 Å². The summed E-state index contributed by atoms with van der Waals surface area (Å²) in [4.78, 5) is 4.11. The van der Waals surface area contributed by atoms with Gasteiger partial charge in [0, 0.05) is 17.6 Å². The lowest BCUT2D eigenvalue weighted by Crippen LogP contribution is -2.13. The van der Waals surface area contributed by atoms with Gasteiger partial charge in [0.1, 0.15) is 5.82 Å². The van der Waals surface area contributed by atoms with Gasteiger partial charge in [0.2, 0.25) is 5.13 Å². The minimum Gasteiger partial charge on any atom is -0.383 e. The molecule has 0 saturated heterocycles. The highest BCUT2D eigenvalue weighted by Crippen LogP contribution is 2.24. The van der Waals surface area contributed by atoms with E-state index in [1.165, 1.54) is 43.4 Å². The highest BCUT2D eigenvalue weighted by atomic mass is 32.1. The van der Waals surface area contributed by atoms with Gasteiger partial charge in [-0.2, -0.15) is 5.10 Å². The zero-order valence-electron chi connectivity index (χ0n) is 13.8. The molecule has 1 aromatic heterocycles. The van der Waals surface area contributed by atoms with Crippen LogP contribution in [0.15, 0.2) is 34.7 Å². The average Bonchev–Trinajstić information content (AvgIpc) is 3.02. The number of anilines is 2. The Hall–Kier alpha value is -1.92. The van der Waals surface area contributed by atoms with Crippen molar-refractivity contribution in [2.45, 2.75) is 38.7 Å². The van der Waals surface area contributed by atoms with Crippen molar-refractivity contribution in [3.8, 4) is 0 Å². The predicted octanol–water partition coefficient (Wildman–Crippen LogP) is 4.27. The average molecular weight is 344 g/mol. The molecular weight excluding hydrogens is 320 g/mol. The first-order chi connectivity index (χ1) is 11.8. The number of nitrogen functional groups attached to an aromatic ring is 1. The van der Waals surface area contributed by atoms with Crippen LogP contribution in [0, 0.1) is 5.92 Å².